The zero-order valence-electron chi connectivity index (χ0n) is 11.8. The van der Waals surface area contributed by atoms with Gasteiger partial charge in [0.2, 0.25) is 0 Å². The van der Waals surface area contributed by atoms with Crippen molar-refractivity contribution in [2.75, 3.05) is 19.8 Å². The van der Waals surface area contributed by atoms with E-state index < -0.39 is 5.97 Å². The molecule has 0 aliphatic heterocycles. The van der Waals surface area contributed by atoms with Gasteiger partial charge in [0.15, 0.2) is 0 Å². The molecule has 0 aliphatic rings. The number of hydrogen-bond acceptors (Lipinski definition) is 3. The van der Waals surface area contributed by atoms with E-state index in [1.54, 1.807) is 0 Å². The van der Waals surface area contributed by atoms with Crippen LogP contribution in [0.5, 0.6) is 0 Å². The molecule has 1 atom stereocenters. The van der Waals surface area contributed by atoms with Crippen LogP contribution in [0.25, 0.3) is 0 Å². The zero-order valence-corrected chi connectivity index (χ0v) is 11.8. The summed E-state index contributed by atoms with van der Waals surface area (Å²) in [5, 5.41) is 8.50. The maximum atomic E-state index is 10.3. The summed E-state index contributed by atoms with van der Waals surface area (Å²) >= 11 is 0. The number of carbonyl (C=O) groups is 1. The summed E-state index contributed by atoms with van der Waals surface area (Å²) in [4.78, 5) is 12.7. The van der Waals surface area contributed by atoms with E-state index in [2.05, 4.69) is 39.5 Å². The van der Waals surface area contributed by atoms with Crippen molar-refractivity contribution >= 4 is 5.97 Å². The van der Waals surface area contributed by atoms with E-state index in [-0.39, 0.29) is 6.42 Å². The summed E-state index contributed by atoms with van der Waals surface area (Å²) in [7, 11) is 0. The van der Waals surface area contributed by atoms with E-state index in [0.717, 1.165) is 6.54 Å². The minimum atomic E-state index is -0.805. The normalized spacial score (nSPS) is 13.6. The third-order valence-corrected chi connectivity index (χ3v) is 2.62. The van der Waals surface area contributed by atoms with Crippen molar-refractivity contribution in [1.82, 2.24) is 4.90 Å². The lowest BCUT2D eigenvalue weighted by molar-refractivity contribution is -0.138. The summed E-state index contributed by atoms with van der Waals surface area (Å²) in [6.07, 6.45) is 0.0819. The average molecular weight is 245 g/mol. The Labute approximate surface area is 105 Å². The second-order valence-electron chi connectivity index (χ2n) is 5.25. The van der Waals surface area contributed by atoms with Crippen molar-refractivity contribution in [2.24, 2.45) is 5.92 Å². The van der Waals surface area contributed by atoms with Crippen molar-refractivity contribution in [3.8, 4) is 0 Å². The Morgan fingerprint density at radius 2 is 1.82 bits per heavy atom. The number of ether oxygens (including phenoxy) is 1. The van der Waals surface area contributed by atoms with Gasteiger partial charge in [-0.25, -0.2) is 0 Å². The maximum absolute atomic E-state index is 10.3. The molecule has 0 aromatic heterocycles. The van der Waals surface area contributed by atoms with Gasteiger partial charge in [0.25, 0.3) is 0 Å². The summed E-state index contributed by atoms with van der Waals surface area (Å²) in [5.74, 6) is -0.181. The fourth-order valence-electron chi connectivity index (χ4n) is 1.83. The third kappa shape index (κ3) is 8.16. The van der Waals surface area contributed by atoms with Crippen LogP contribution in [0.3, 0.4) is 0 Å². The third-order valence-electron chi connectivity index (χ3n) is 2.62. The van der Waals surface area contributed by atoms with Gasteiger partial charge in [-0.05, 0) is 26.7 Å². The molecule has 1 N–H and O–H groups in total. The van der Waals surface area contributed by atoms with Crippen molar-refractivity contribution in [3.05, 3.63) is 0 Å². The molecule has 0 amide bonds. The fraction of sp³-hybridized carbons (Fsp3) is 0.923. The van der Waals surface area contributed by atoms with Crippen molar-refractivity contribution < 1.29 is 14.6 Å². The summed E-state index contributed by atoms with van der Waals surface area (Å²) in [6.45, 7) is 12.8. The number of carboxylic acids is 1. The van der Waals surface area contributed by atoms with Crippen LogP contribution in [-0.4, -0.2) is 47.8 Å². The summed E-state index contributed by atoms with van der Waals surface area (Å²) < 4.78 is 5.40. The lowest BCUT2D eigenvalue weighted by Gasteiger charge is -2.34. The minimum absolute atomic E-state index is 0.0819. The molecule has 0 spiro atoms. The zero-order chi connectivity index (χ0) is 13.4. The Bertz CT molecular complexity index is 217. The highest BCUT2D eigenvalue weighted by Crippen LogP contribution is 2.09. The van der Waals surface area contributed by atoms with Gasteiger partial charge < -0.3 is 9.84 Å². The van der Waals surface area contributed by atoms with E-state index in [9.17, 15) is 4.79 Å². The van der Waals surface area contributed by atoms with E-state index >= 15 is 0 Å². The molecule has 0 rings (SSSR count). The Hall–Kier alpha value is -0.610. The second kappa shape index (κ2) is 8.48. The fourth-order valence-corrected chi connectivity index (χ4v) is 1.83. The Morgan fingerprint density at radius 1 is 1.24 bits per heavy atom. The van der Waals surface area contributed by atoms with E-state index in [1.165, 1.54) is 0 Å². The molecule has 0 heterocycles. The number of nitrogens with zero attached hydrogens (tertiary/aromatic N) is 1. The first-order valence-corrected chi connectivity index (χ1v) is 6.39. The highest BCUT2D eigenvalue weighted by atomic mass is 16.5. The highest BCUT2D eigenvalue weighted by Gasteiger charge is 2.18. The van der Waals surface area contributed by atoms with Crippen LogP contribution >= 0.6 is 0 Å². The molecule has 0 fully saturated rings. The predicted octanol–water partition coefficient (Wildman–Crippen LogP) is 2.23. The molecule has 0 saturated carbocycles. The first kappa shape index (κ1) is 16.4. The van der Waals surface area contributed by atoms with Crippen LogP contribution in [0.2, 0.25) is 0 Å². The number of rotatable bonds is 9. The van der Waals surface area contributed by atoms with Gasteiger partial charge in [-0.3, -0.25) is 9.69 Å². The number of aliphatic carboxylic acids is 1. The maximum Gasteiger partial charge on any atom is 0.305 e. The largest absolute Gasteiger partial charge is 0.481 e. The van der Waals surface area contributed by atoms with E-state index in [1.807, 2.05) is 0 Å². The molecule has 4 heteroatoms. The van der Waals surface area contributed by atoms with Crippen LogP contribution in [0.15, 0.2) is 0 Å². The Balaban J connectivity index is 3.97. The molecular formula is C13H27NO3. The standard InChI is InChI=1S/C13H27NO3/c1-10(2)8-14(11(3)4)12(5)9-17-7-6-13(15)16/h10-12H,6-9H2,1-5H3,(H,15,16)/t12-/m0/s1. The lowest BCUT2D eigenvalue weighted by atomic mass is 10.1. The van der Waals surface area contributed by atoms with Gasteiger partial charge in [0, 0.05) is 18.6 Å². The van der Waals surface area contributed by atoms with Gasteiger partial charge in [0.1, 0.15) is 0 Å². The molecule has 17 heavy (non-hydrogen) atoms. The SMILES string of the molecule is CC(C)CN(C(C)C)[C@@H](C)COCCC(=O)O. The smallest absolute Gasteiger partial charge is 0.305 e. The van der Waals surface area contributed by atoms with Gasteiger partial charge in [0.05, 0.1) is 19.6 Å². The van der Waals surface area contributed by atoms with Crippen LogP contribution in [0.4, 0.5) is 0 Å². The van der Waals surface area contributed by atoms with E-state index in [4.69, 9.17) is 9.84 Å². The predicted molar refractivity (Wildman–Crippen MR) is 69.2 cm³/mol. The first-order valence-electron chi connectivity index (χ1n) is 6.39. The number of carboxylic acid groups (broad SMARTS) is 1. The van der Waals surface area contributed by atoms with Crippen LogP contribution in [-0.2, 0) is 9.53 Å². The van der Waals surface area contributed by atoms with Crippen LogP contribution in [0, 0.1) is 5.92 Å². The first-order chi connectivity index (χ1) is 7.84. The van der Waals surface area contributed by atoms with Gasteiger partial charge >= 0.3 is 5.97 Å². The molecule has 0 saturated heterocycles. The molecular weight excluding hydrogens is 218 g/mol. The van der Waals surface area contributed by atoms with Crippen molar-refractivity contribution in [2.45, 2.75) is 53.1 Å². The number of hydrogen-bond donors (Lipinski definition) is 1. The summed E-state index contributed by atoms with van der Waals surface area (Å²) in [6, 6.07) is 0.807. The van der Waals surface area contributed by atoms with Crippen LogP contribution in [0.1, 0.15) is 41.0 Å². The van der Waals surface area contributed by atoms with Gasteiger partial charge in [-0.15, -0.1) is 0 Å². The van der Waals surface area contributed by atoms with Gasteiger partial charge in [-0.2, -0.15) is 0 Å². The molecule has 0 aromatic carbocycles. The topological polar surface area (TPSA) is 49.8 Å². The van der Waals surface area contributed by atoms with E-state index in [0.29, 0.717) is 31.2 Å². The second-order valence-corrected chi connectivity index (χ2v) is 5.25. The lowest BCUT2D eigenvalue weighted by Crippen LogP contribution is -2.43. The molecule has 102 valence electrons. The Morgan fingerprint density at radius 3 is 2.24 bits per heavy atom. The molecule has 0 unspecified atom stereocenters. The van der Waals surface area contributed by atoms with Crippen LogP contribution < -0.4 is 0 Å². The van der Waals surface area contributed by atoms with Crippen molar-refractivity contribution in [1.29, 1.82) is 0 Å². The highest BCUT2D eigenvalue weighted by molar-refractivity contribution is 5.66. The summed E-state index contributed by atoms with van der Waals surface area (Å²) in [5.41, 5.74) is 0. The average Bonchev–Trinajstić information content (AvgIpc) is 2.19. The molecule has 0 radical (unpaired) electrons. The molecule has 0 aliphatic carbocycles. The molecule has 0 aromatic rings. The molecule has 0 bridgehead atoms. The molecule has 4 nitrogen and oxygen atoms in total. The minimum Gasteiger partial charge on any atom is -0.481 e. The monoisotopic (exact) mass is 245 g/mol. The quantitative estimate of drug-likeness (QED) is 0.633. The Kier molecular flexibility index (Phi) is 8.17. The van der Waals surface area contributed by atoms with Crippen molar-refractivity contribution in [3.63, 3.8) is 0 Å². The van der Waals surface area contributed by atoms with Gasteiger partial charge in [-0.1, -0.05) is 13.8 Å².